The number of aromatic nitrogens is 2. The summed E-state index contributed by atoms with van der Waals surface area (Å²) in [7, 11) is 8.29. The number of nitrogens with zero attached hydrogens (tertiary/aromatic N) is 7. The second-order valence-electron chi connectivity index (χ2n) is 11.1. The Balaban J connectivity index is 1.19. The number of para-hydroxylation sites is 6. The van der Waals surface area contributed by atoms with Crippen LogP contribution in [-0.2, 0) is 13.6 Å². The van der Waals surface area contributed by atoms with Gasteiger partial charge in [-0.1, -0.05) is 60.7 Å². The monoisotopic (exact) mass is 585 g/mol. The summed E-state index contributed by atoms with van der Waals surface area (Å²) in [6.07, 6.45) is 6.14. The predicted molar refractivity (Wildman–Crippen MR) is 183 cm³/mol. The number of imidazole rings is 1. The lowest BCUT2D eigenvalue weighted by molar-refractivity contribution is -0.646. The standard InChI is InChI=1S/C36H41N8/c1-39-31-21-11-13-23-33(31)43(35(39)27-37-41(3)29-17-7-5-8-18-29)25-15-16-26-44-34-24-14-12-22-32(34)40(2)36(44)28-38-42(4)30-19-9-6-10-20-30/h5-14,17-24,27-28,37H,15-16,25-26H2,1-4H3/q+1. The molecule has 4 aromatic carbocycles. The van der Waals surface area contributed by atoms with E-state index in [-0.39, 0.29) is 0 Å². The first-order chi connectivity index (χ1) is 21.5. The normalized spacial score (nSPS) is 13.7. The maximum Gasteiger partial charge on any atom is 0.302 e. The number of hydrogen-bond donors (Lipinski definition) is 1. The Morgan fingerprint density at radius 1 is 0.750 bits per heavy atom. The van der Waals surface area contributed by atoms with Crippen molar-refractivity contribution in [3.8, 4) is 0 Å². The summed E-state index contributed by atoms with van der Waals surface area (Å²) in [5.74, 6) is 2.21. The van der Waals surface area contributed by atoms with E-state index in [2.05, 4.69) is 130 Å². The third-order valence-electron chi connectivity index (χ3n) is 8.33. The fraction of sp³-hybridized carbons (Fsp3) is 0.222. The largest absolute Gasteiger partial charge is 0.328 e. The maximum absolute atomic E-state index is 4.81. The summed E-state index contributed by atoms with van der Waals surface area (Å²) >= 11 is 0. The van der Waals surface area contributed by atoms with E-state index in [0.29, 0.717) is 0 Å². The number of fused-ring (bicyclic) bond motifs is 2. The van der Waals surface area contributed by atoms with Crippen molar-refractivity contribution < 1.29 is 4.57 Å². The van der Waals surface area contributed by atoms with Gasteiger partial charge in [0.2, 0.25) is 0 Å². The molecule has 5 aromatic rings. The van der Waals surface area contributed by atoms with Crippen LogP contribution in [-0.4, -0.2) is 38.5 Å². The Labute approximate surface area is 260 Å². The molecule has 6 rings (SSSR count). The van der Waals surface area contributed by atoms with Gasteiger partial charge in [-0.05, 0) is 61.4 Å². The van der Waals surface area contributed by atoms with E-state index >= 15 is 0 Å². The fourth-order valence-corrected chi connectivity index (χ4v) is 5.88. The number of nitrogens with one attached hydrogen (secondary N) is 1. The SMILES string of the molecule is CN(N=Cc1n(CCCCN2C(=CNN(C)c3ccccc3)N(C)c3ccccc32)c2ccccc2[n+]1C)c1ccccc1. The minimum absolute atomic E-state index is 0.900. The molecule has 0 unspecified atom stereocenters. The molecule has 224 valence electrons. The molecule has 0 aliphatic carbocycles. The van der Waals surface area contributed by atoms with Crippen LogP contribution in [0.2, 0.25) is 0 Å². The molecule has 8 heteroatoms. The quantitative estimate of drug-likeness (QED) is 0.0877. The summed E-state index contributed by atoms with van der Waals surface area (Å²) in [6.45, 7) is 1.81. The van der Waals surface area contributed by atoms with Gasteiger partial charge in [-0.15, -0.1) is 0 Å². The topological polar surface area (TPSA) is 46.2 Å². The zero-order chi connectivity index (χ0) is 30.5. The van der Waals surface area contributed by atoms with Crippen LogP contribution in [0.1, 0.15) is 18.7 Å². The minimum atomic E-state index is 0.900. The number of rotatable bonds is 11. The van der Waals surface area contributed by atoms with Gasteiger partial charge in [-0.3, -0.25) is 10.0 Å². The van der Waals surface area contributed by atoms with Crippen LogP contribution in [0.4, 0.5) is 22.7 Å². The average molecular weight is 586 g/mol. The van der Waals surface area contributed by atoms with E-state index in [9.17, 15) is 0 Å². The number of hydrogen-bond acceptors (Lipinski definition) is 6. The molecule has 0 saturated heterocycles. The number of hydrazone groups is 1. The first-order valence-corrected chi connectivity index (χ1v) is 15.2. The maximum atomic E-state index is 4.81. The van der Waals surface area contributed by atoms with Gasteiger partial charge in [0.25, 0.3) is 0 Å². The minimum Gasteiger partial charge on any atom is -0.328 e. The Morgan fingerprint density at radius 3 is 2.11 bits per heavy atom. The van der Waals surface area contributed by atoms with Crippen molar-refractivity contribution >= 4 is 40.0 Å². The summed E-state index contributed by atoms with van der Waals surface area (Å²) in [6, 6.07) is 37.8. The molecule has 0 amide bonds. The summed E-state index contributed by atoms with van der Waals surface area (Å²) in [5, 5.41) is 8.76. The molecular formula is C36H41N8+. The van der Waals surface area contributed by atoms with Crippen LogP contribution in [0.25, 0.3) is 11.0 Å². The van der Waals surface area contributed by atoms with Crippen molar-refractivity contribution in [3.63, 3.8) is 0 Å². The Morgan fingerprint density at radius 2 is 1.36 bits per heavy atom. The molecule has 1 aromatic heterocycles. The first kappa shape index (κ1) is 28.9. The Hall–Kier alpha value is -5.24. The van der Waals surface area contributed by atoms with E-state index in [0.717, 1.165) is 49.0 Å². The van der Waals surface area contributed by atoms with Crippen LogP contribution < -0.4 is 29.8 Å². The number of aryl methyl sites for hydroxylation is 2. The molecule has 0 radical (unpaired) electrons. The first-order valence-electron chi connectivity index (χ1n) is 15.2. The lowest BCUT2D eigenvalue weighted by Gasteiger charge is -2.25. The molecule has 0 bridgehead atoms. The summed E-state index contributed by atoms with van der Waals surface area (Å²) < 4.78 is 4.63. The zero-order valence-electron chi connectivity index (χ0n) is 26.0. The second-order valence-corrected chi connectivity index (χ2v) is 11.1. The van der Waals surface area contributed by atoms with Crippen molar-refractivity contribution in [2.45, 2.75) is 19.4 Å². The van der Waals surface area contributed by atoms with E-state index in [1.54, 1.807) is 0 Å². The van der Waals surface area contributed by atoms with Gasteiger partial charge in [0.1, 0.15) is 12.0 Å². The third-order valence-corrected chi connectivity index (χ3v) is 8.33. The van der Waals surface area contributed by atoms with Gasteiger partial charge in [0, 0.05) is 27.7 Å². The van der Waals surface area contributed by atoms with Gasteiger partial charge in [0.05, 0.1) is 42.5 Å². The van der Waals surface area contributed by atoms with E-state index < -0.39 is 0 Å². The molecule has 0 atom stereocenters. The van der Waals surface area contributed by atoms with Gasteiger partial charge in [-0.2, -0.15) is 5.10 Å². The van der Waals surface area contributed by atoms with Gasteiger partial charge >= 0.3 is 5.82 Å². The Bertz CT molecular complexity index is 1760. The van der Waals surface area contributed by atoms with Crippen molar-refractivity contribution in [3.05, 3.63) is 127 Å². The second kappa shape index (κ2) is 13.0. The van der Waals surface area contributed by atoms with Crippen LogP contribution in [0.3, 0.4) is 0 Å². The third kappa shape index (κ3) is 5.83. The van der Waals surface area contributed by atoms with E-state index in [4.69, 9.17) is 5.10 Å². The number of benzene rings is 4. The molecule has 1 aliphatic heterocycles. The highest BCUT2D eigenvalue weighted by molar-refractivity contribution is 5.82. The van der Waals surface area contributed by atoms with Crippen molar-refractivity contribution in [1.82, 2.24) is 9.99 Å². The molecule has 0 fully saturated rings. The number of anilines is 4. The van der Waals surface area contributed by atoms with Gasteiger partial charge in [-0.25, -0.2) is 9.13 Å². The van der Waals surface area contributed by atoms with Crippen molar-refractivity contribution in [2.75, 3.05) is 47.5 Å². The molecule has 1 aliphatic rings. The lowest BCUT2D eigenvalue weighted by atomic mass is 10.2. The van der Waals surface area contributed by atoms with Crippen molar-refractivity contribution in [2.24, 2.45) is 12.1 Å². The predicted octanol–water partition coefficient (Wildman–Crippen LogP) is 6.11. The zero-order valence-corrected chi connectivity index (χ0v) is 26.0. The summed E-state index contributed by atoms with van der Waals surface area (Å²) in [4.78, 5) is 4.69. The van der Waals surface area contributed by atoms with Crippen LogP contribution in [0, 0.1) is 0 Å². The van der Waals surface area contributed by atoms with Crippen LogP contribution >= 0.6 is 0 Å². The van der Waals surface area contributed by atoms with Crippen LogP contribution in [0.5, 0.6) is 0 Å². The molecular weight excluding hydrogens is 544 g/mol. The number of hydrazine groups is 1. The molecule has 8 nitrogen and oxygen atoms in total. The van der Waals surface area contributed by atoms with Crippen LogP contribution in [0.15, 0.2) is 126 Å². The molecule has 2 heterocycles. The van der Waals surface area contributed by atoms with E-state index in [1.807, 2.05) is 54.6 Å². The highest BCUT2D eigenvalue weighted by Gasteiger charge is 2.28. The fourth-order valence-electron chi connectivity index (χ4n) is 5.88. The van der Waals surface area contributed by atoms with E-state index in [1.165, 1.54) is 22.4 Å². The lowest BCUT2D eigenvalue weighted by Crippen LogP contribution is -2.34. The highest BCUT2D eigenvalue weighted by Crippen LogP contribution is 2.40. The molecule has 0 spiro atoms. The Kier molecular flexibility index (Phi) is 8.50. The van der Waals surface area contributed by atoms with Crippen molar-refractivity contribution in [1.29, 1.82) is 0 Å². The molecule has 0 saturated carbocycles. The number of unbranched alkanes of at least 4 members (excludes halogenated alkanes) is 1. The molecule has 1 N–H and O–H groups in total. The smallest absolute Gasteiger partial charge is 0.302 e. The summed E-state index contributed by atoms with van der Waals surface area (Å²) in [5.41, 5.74) is 10.5. The highest BCUT2D eigenvalue weighted by atomic mass is 15.5. The van der Waals surface area contributed by atoms with Gasteiger partial charge < -0.3 is 15.2 Å². The van der Waals surface area contributed by atoms with Gasteiger partial charge in [0.15, 0.2) is 11.0 Å². The average Bonchev–Trinajstić information content (AvgIpc) is 3.50. The molecule has 44 heavy (non-hydrogen) atoms.